The molecule has 0 saturated heterocycles. The molecular formula is C12H13FO2. The Morgan fingerprint density at radius 3 is 2.67 bits per heavy atom. The van der Waals surface area contributed by atoms with Gasteiger partial charge in [0.2, 0.25) is 0 Å². The van der Waals surface area contributed by atoms with E-state index in [1.54, 1.807) is 31.2 Å². The molecule has 0 aliphatic carbocycles. The maximum Gasteiger partial charge on any atom is 0.309 e. The van der Waals surface area contributed by atoms with Crippen molar-refractivity contribution in [2.75, 3.05) is 6.61 Å². The van der Waals surface area contributed by atoms with Gasteiger partial charge >= 0.3 is 5.97 Å². The van der Waals surface area contributed by atoms with Gasteiger partial charge in [-0.2, -0.15) is 0 Å². The molecule has 1 aromatic carbocycles. The molecule has 0 amide bonds. The van der Waals surface area contributed by atoms with Gasteiger partial charge in [-0.05, 0) is 24.6 Å². The molecule has 2 nitrogen and oxygen atoms in total. The predicted molar refractivity (Wildman–Crippen MR) is 56.7 cm³/mol. The van der Waals surface area contributed by atoms with Gasteiger partial charge in [0.1, 0.15) is 5.82 Å². The molecule has 0 radical (unpaired) electrons. The van der Waals surface area contributed by atoms with Crippen LogP contribution in [0.15, 0.2) is 30.3 Å². The molecule has 3 heteroatoms. The molecule has 0 heterocycles. The fraction of sp³-hybridized carbons (Fsp3) is 0.250. The number of benzene rings is 1. The molecule has 0 aliphatic heterocycles. The molecular weight excluding hydrogens is 195 g/mol. The van der Waals surface area contributed by atoms with Gasteiger partial charge in [0, 0.05) is 0 Å². The van der Waals surface area contributed by atoms with Crippen LogP contribution in [0.1, 0.15) is 18.9 Å². The van der Waals surface area contributed by atoms with Crippen molar-refractivity contribution in [3.63, 3.8) is 0 Å². The third kappa shape index (κ3) is 4.40. The topological polar surface area (TPSA) is 26.3 Å². The van der Waals surface area contributed by atoms with Crippen LogP contribution < -0.4 is 0 Å². The fourth-order valence-corrected chi connectivity index (χ4v) is 1.09. The second-order valence-electron chi connectivity index (χ2n) is 2.96. The molecule has 0 atom stereocenters. The largest absolute Gasteiger partial charge is 0.466 e. The van der Waals surface area contributed by atoms with Crippen molar-refractivity contribution in [1.82, 2.24) is 0 Å². The van der Waals surface area contributed by atoms with E-state index in [1.165, 1.54) is 12.1 Å². The molecule has 0 fully saturated rings. The van der Waals surface area contributed by atoms with Crippen molar-refractivity contribution in [2.45, 2.75) is 13.3 Å². The number of halogens is 1. The maximum absolute atomic E-state index is 12.5. The van der Waals surface area contributed by atoms with E-state index in [2.05, 4.69) is 0 Å². The summed E-state index contributed by atoms with van der Waals surface area (Å²) in [5.74, 6) is -0.520. The van der Waals surface area contributed by atoms with Crippen LogP contribution in [0.4, 0.5) is 4.39 Å². The first-order chi connectivity index (χ1) is 7.22. The Bertz CT molecular complexity index is 341. The van der Waals surface area contributed by atoms with Crippen LogP contribution >= 0.6 is 0 Å². The molecule has 0 bridgehead atoms. The van der Waals surface area contributed by atoms with Crippen LogP contribution in [-0.4, -0.2) is 12.6 Å². The Labute approximate surface area is 88.4 Å². The van der Waals surface area contributed by atoms with Gasteiger partial charge in [-0.3, -0.25) is 4.79 Å². The van der Waals surface area contributed by atoms with E-state index in [0.717, 1.165) is 5.56 Å². The third-order valence-electron chi connectivity index (χ3n) is 1.77. The van der Waals surface area contributed by atoms with Gasteiger partial charge in [-0.25, -0.2) is 4.39 Å². The van der Waals surface area contributed by atoms with Gasteiger partial charge in [0.15, 0.2) is 0 Å². The van der Waals surface area contributed by atoms with Crippen LogP contribution in [0, 0.1) is 5.82 Å². The number of hydrogen-bond donors (Lipinski definition) is 0. The van der Waals surface area contributed by atoms with Crippen molar-refractivity contribution in [3.8, 4) is 0 Å². The summed E-state index contributed by atoms with van der Waals surface area (Å²) >= 11 is 0. The van der Waals surface area contributed by atoms with E-state index in [0.29, 0.717) is 6.61 Å². The van der Waals surface area contributed by atoms with Crippen LogP contribution in [0.25, 0.3) is 6.08 Å². The molecule has 1 rings (SSSR count). The van der Waals surface area contributed by atoms with E-state index in [-0.39, 0.29) is 18.2 Å². The highest BCUT2D eigenvalue weighted by Gasteiger charge is 1.96. The van der Waals surface area contributed by atoms with Gasteiger partial charge < -0.3 is 4.74 Å². The molecule has 0 aromatic heterocycles. The lowest BCUT2D eigenvalue weighted by Crippen LogP contribution is -2.01. The van der Waals surface area contributed by atoms with Gasteiger partial charge in [0.25, 0.3) is 0 Å². The first kappa shape index (κ1) is 11.4. The second-order valence-corrected chi connectivity index (χ2v) is 2.96. The van der Waals surface area contributed by atoms with E-state index in [9.17, 15) is 9.18 Å². The molecule has 1 aromatic rings. The van der Waals surface area contributed by atoms with Gasteiger partial charge in [0.05, 0.1) is 13.0 Å². The number of carbonyl (C=O) groups excluding carboxylic acids is 1. The molecule has 0 aliphatic rings. The normalized spacial score (nSPS) is 10.5. The number of esters is 1. The first-order valence-corrected chi connectivity index (χ1v) is 4.80. The van der Waals surface area contributed by atoms with E-state index in [1.807, 2.05) is 0 Å². The third-order valence-corrected chi connectivity index (χ3v) is 1.77. The summed E-state index contributed by atoms with van der Waals surface area (Å²) in [6, 6.07) is 6.06. The number of rotatable bonds is 4. The Kier molecular flexibility index (Phi) is 4.54. The zero-order valence-corrected chi connectivity index (χ0v) is 8.57. The van der Waals surface area contributed by atoms with Crippen LogP contribution in [0.3, 0.4) is 0 Å². The van der Waals surface area contributed by atoms with Crippen molar-refractivity contribution < 1.29 is 13.9 Å². The van der Waals surface area contributed by atoms with Crippen LogP contribution in [0.2, 0.25) is 0 Å². The van der Waals surface area contributed by atoms with Crippen LogP contribution in [0.5, 0.6) is 0 Å². The number of carbonyl (C=O) groups is 1. The van der Waals surface area contributed by atoms with Crippen molar-refractivity contribution >= 4 is 12.0 Å². The monoisotopic (exact) mass is 208 g/mol. The predicted octanol–water partition coefficient (Wildman–Crippen LogP) is 2.79. The smallest absolute Gasteiger partial charge is 0.309 e. The molecule has 0 spiro atoms. The Morgan fingerprint density at radius 1 is 1.40 bits per heavy atom. The average Bonchev–Trinajstić information content (AvgIpc) is 2.21. The van der Waals surface area contributed by atoms with E-state index < -0.39 is 0 Å². The minimum atomic E-state index is -0.266. The summed E-state index contributed by atoms with van der Waals surface area (Å²) in [5, 5.41) is 0. The summed E-state index contributed by atoms with van der Waals surface area (Å²) in [6.07, 6.45) is 3.70. The summed E-state index contributed by atoms with van der Waals surface area (Å²) in [4.78, 5) is 11.0. The summed E-state index contributed by atoms with van der Waals surface area (Å²) in [6.45, 7) is 2.16. The zero-order chi connectivity index (χ0) is 11.1. The molecule has 80 valence electrons. The maximum atomic E-state index is 12.5. The molecule has 0 saturated carbocycles. The lowest BCUT2D eigenvalue weighted by molar-refractivity contribution is -0.142. The highest BCUT2D eigenvalue weighted by molar-refractivity contribution is 5.72. The molecule has 0 unspecified atom stereocenters. The summed E-state index contributed by atoms with van der Waals surface area (Å²) in [5.41, 5.74) is 0.862. The van der Waals surface area contributed by atoms with Gasteiger partial charge in [-0.15, -0.1) is 0 Å². The van der Waals surface area contributed by atoms with E-state index in [4.69, 9.17) is 4.74 Å². The quantitative estimate of drug-likeness (QED) is 0.711. The molecule has 0 N–H and O–H groups in total. The van der Waals surface area contributed by atoms with E-state index >= 15 is 0 Å². The fourth-order valence-electron chi connectivity index (χ4n) is 1.09. The standard InChI is InChI=1S/C12H13FO2/c1-2-15-12(14)5-3-4-10-6-8-11(13)9-7-10/h3-4,6-9H,2,5H2,1H3/b4-3+. The number of ether oxygens (including phenoxy) is 1. The highest BCUT2D eigenvalue weighted by atomic mass is 19.1. The summed E-state index contributed by atoms with van der Waals surface area (Å²) < 4.78 is 17.3. The first-order valence-electron chi connectivity index (χ1n) is 4.80. The lowest BCUT2D eigenvalue weighted by Gasteiger charge is -1.96. The van der Waals surface area contributed by atoms with Crippen molar-refractivity contribution in [1.29, 1.82) is 0 Å². The van der Waals surface area contributed by atoms with Crippen molar-refractivity contribution in [2.24, 2.45) is 0 Å². The zero-order valence-electron chi connectivity index (χ0n) is 8.57. The second kappa shape index (κ2) is 5.96. The minimum Gasteiger partial charge on any atom is -0.466 e. The Hall–Kier alpha value is -1.64. The average molecular weight is 208 g/mol. The SMILES string of the molecule is CCOC(=O)C/C=C/c1ccc(F)cc1. The highest BCUT2D eigenvalue weighted by Crippen LogP contribution is 2.05. The van der Waals surface area contributed by atoms with Crippen molar-refractivity contribution in [3.05, 3.63) is 41.7 Å². The summed E-state index contributed by atoms with van der Waals surface area (Å²) in [7, 11) is 0. The van der Waals surface area contributed by atoms with Gasteiger partial charge in [-0.1, -0.05) is 24.3 Å². The Morgan fingerprint density at radius 2 is 2.07 bits per heavy atom. The lowest BCUT2D eigenvalue weighted by atomic mass is 10.2. The van der Waals surface area contributed by atoms with Crippen LogP contribution in [-0.2, 0) is 9.53 Å². The Balaban J connectivity index is 2.44. The molecule has 15 heavy (non-hydrogen) atoms. The minimum absolute atomic E-state index is 0.241. The number of hydrogen-bond acceptors (Lipinski definition) is 2.